The van der Waals surface area contributed by atoms with Crippen LogP contribution in [0.1, 0.15) is 5.56 Å². The maximum absolute atomic E-state index is 12.0. The molecule has 0 fully saturated rings. The predicted octanol–water partition coefficient (Wildman–Crippen LogP) is 2.00. The van der Waals surface area contributed by atoms with E-state index in [0.717, 1.165) is 16.9 Å². The zero-order valence-electron chi connectivity index (χ0n) is 9.08. The average molecular weight is 305 g/mol. The van der Waals surface area contributed by atoms with E-state index in [9.17, 15) is 16.8 Å². The van der Waals surface area contributed by atoms with Crippen LogP contribution in [-0.4, -0.2) is 22.6 Å². The number of sulfone groups is 2. The van der Waals surface area contributed by atoms with Crippen molar-refractivity contribution in [2.45, 2.75) is 0 Å². The summed E-state index contributed by atoms with van der Waals surface area (Å²) in [6, 6.07) is 6.23. The normalized spacial score (nSPS) is 21.1. The van der Waals surface area contributed by atoms with Gasteiger partial charge in [-0.25, -0.2) is 16.8 Å². The number of benzene rings is 1. The molecule has 0 saturated heterocycles. The fourth-order valence-corrected chi connectivity index (χ4v) is 4.86. The molecule has 1 aliphatic rings. The first-order valence-corrected chi connectivity index (χ1v) is 8.57. The quantitative estimate of drug-likeness (QED) is 0.796. The Bertz CT molecular complexity index is 743. The highest BCUT2D eigenvalue weighted by Gasteiger charge is 2.25. The van der Waals surface area contributed by atoms with E-state index in [1.165, 1.54) is 12.1 Å². The van der Waals surface area contributed by atoms with Crippen molar-refractivity contribution in [3.8, 4) is 0 Å². The molecule has 0 N–H and O–H groups in total. The number of halogens is 1. The Balaban J connectivity index is 2.75. The molecule has 0 amide bonds. The smallest absolute Gasteiger partial charge is 0.194 e. The highest BCUT2D eigenvalue weighted by molar-refractivity contribution is 8.04. The molecule has 0 unspecified atom stereocenters. The summed E-state index contributed by atoms with van der Waals surface area (Å²) in [6.07, 6.45) is 1.12. The minimum Gasteiger partial charge on any atom is -0.223 e. The molecule has 4 nitrogen and oxygen atoms in total. The molecule has 1 aliphatic heterocycles. The summed E-state index contributed by atoms with van der Waals surface area (Å²) in [7, 11) is -7.38. The van der Waals surface area contributed by atoms with Gasteiger partial charge in [0.2, 0.25) is 0 Å². The zero-order valence-corrected chi connectivity index (χ0v) is 11.5. The van der Waals surface area contributed by atoms with Crippen molar-refractivity contribution in [3.05, 3.63) is 51.7 Å². The summed E-state index contributed by atoms with van der Waals surface area (Å²) in [5, 5.41) is 1.82. The van der Waals surface area contributed by atoms with Gasteiger partial charge < -0.3 is 0 Å². The fraction of sp³-hybridized carbons (Fsp3) is 0.0909. The molecule has 0 spiro atoms. The first kappa shape index (κ1) is 13.3. The summed E-state index contributed by atoms with van der Waals surface area (Å²) in [5.41, 5.74) is 0.200. The SMILES string of the molecule is O=S1(=O)C=CCS(=O)(=O)C(c2ccccc2Cl)=C1. The standard InChI is InChI=1S/C11H9ClO4S2/c12-10-5-2-1-4-9(10)11-8-17(13,14)6-3-7-18(11,15)16/h1-6,8H,7H2. The predicted molar refractivity (Wildman–Crippen MR) is 71.3 cm³/mol. The van der Waals surface area contributed by atoms with E-state index < -0.39 is 19.7 Å². The molecule has 1 heterocycles. The van der Waals surface area contributed by atoms with Gasteiger partial charge in [-0.05, 0) is 6.07 Å². The minimum absolute atomic E-state index is 0.199. The van der Waals surface area contributed by atoms with Crippen molar-refractivity contribution in [1.29, 1.82) is 0 Å². The highest BCUT2D eigenvalue weighted by Crippen LogP contribution is 2.30. The molecule has 1 aromatic rings. The van der Waals surface area contributed by atoms with Crippen molar-refractivity contribution in [2.24, 2.45) is 0 Å². The summed E-state index contributed by atoms with van der Waals surface area (Å²) < 4.78 is 47.2. The van der Waals surface area contributed by atoms with Crippen LogP contribution in [0, 0.1) is 0 Å². The summed E-state index contributed by atoms with van der Waals surface area (Å²) in [4.78, 5) is -0.266. The van der Waals surface area contributed by atoms with E-state index >= 15 is 0 Å². The van der Waals surface area contributed by atoms with Crippen molar-refractivity contribution in [1.82, 2.24) is 0 Å². The lowest BCUT2D eigenvalue weighted by molar-refractivity contribution is 0.607. The Morgan fingerprint density at radius 2 is 1.72 bits per heavy atom. The second-order valence-electron chi connectivity index (χ2n) is 3.70. The van der Waals surface area contributed by atoms with E-state index in [1.807, 2.05) is 0 Å². The van der Waals surface area contributed by atoms with Gasteiger partial charge in [0.15, 0.2) is 19.7 Å². The van der Waals surface area contributed by atoms with Crippen LogP contribution < -0.4 is 0 Å². The number of hydrogen-bond donors (Lipinski definition) is 0. The lowest BCUT2D eigenvalue weighted by atomic mass is 10.2. The Labute approximate surface area is 110 Å². The maximum atomic E-state index is 12.0. The molecular formula is C11H9ClO4S2. The van der Waals surface area contributed by atoms with Crippen molar-refractivity contribution in [3.63, 3.8) is 0 Å². The summed E-state index contributed by atoms with van der Waals surface area (Å²) in [6.45, 7) is 0. The Kier molecular flexibility index (Phi) is 3.35. The third-order valence-electron chi connectivity index (χ3n) is 2.35. The Morgan fingerprint density at radius 3 is 2.39 bits per heavy atom. The monoisotopic (exact) mass is 304 g/mol. The number of hydrogen-bond acceptors (Lipinski definition) is 4. The van der Waals surface area contributed by atoms with Gasteiger partial charge in [-0.1, -0.05) is 35.9 Å². The first-order chi connectivity index (χ1) is 8.32. The Morgan fingerprint density at radius 1 is 1.06 bits per heavy atom. The van der Waals surface area contributed by atoms with Crippen LogP contribution in [0.5, 0.6) is 0 Å². The van der Waals surface area contributed by atoms with Crippen LogP contribution in [0.3, 0.4) is 0 Å². The third-order valence-corrected chi connectivity index (χ3v) is 5.60. The largest absolute Gasteiger partial charge is 0.223 e. The maximum Gasteiger partial charge on any atom is 0.194 e. The van der Waals surface area contributed by atoms with E-state index in [4.69, 9.17) is 11.6 Å². The van der Waals surface area contributed by atoms with E-state index in [0.29, 0.717) is 0 Å². The van der Waals surface area contributed by atoms with Gasteiger partial charge in [-0.15, -0.1) is 0 Å². The number of rotatable bonds is 1. The van der Waals surface area contributed by atoms with Crippen LogP contribution >= 0.6 is 11.6 Å². The van der Waals surface area contributed by atoms with Gasteiger partial charge in [0.1, 0.15) is 0 Å². The molecule has 1 aromatic carbocycles. The van der Waals surface area contributed by atoms with Crippen LogP contribution in [0.25, 0.3) is 4.91 Å². The molecule has 0 radical (unpaired) electrons. The average Bonchev–Trinajstić information content (AvgIpc) is 2.36. The molecule has 0 bridgehead atoms. The van der Waals surface area contributed by atoms with Crippen LogP contribution in [0.15, 0.2) is 41.2 Å². The highest BCUT2D eigenvalue weighted by atomic mass is 35.5. The molecular weight excluding hydrogens is 296 g/mol. The molecule has 18 heavy (non-hydrogen) atoms. The lowest BCUT2D eigenvalue weighted by Gasteiger charge is -2.07. The van der Waals surface area contributed by atoms with Gasteiger partial charge in [0.05, 0.1) is 16.1 Å². The van der Waals surface area contributed by atoms with Gasteiger partial charge in [0.25, 0.3) is 0 Å². The molecule has 2 rings (SSSR count). The Hall–Kier alpha value is -1.11. The van der Waals surface area contributed by atoms with Gasteiger partial charge >= 0.3 is 0 Å². The molecule has 0 aliphatic carbocycles. The van der Waals surface area contributed by atoms with E-state index in [2.05, 4.69) is 0 Å². The second kappa shape index (κ2) is 4.53. The van der Waals surface area contributed by atoms with Crippen molar-refractivity contribution in [2.75, 3.05) is 5.75 Å². The summed E-state index contributed by atoms with van der Waals surface area (Å²) in [5.74, 6) is -0.358. The fourth-order valence-electron chi connectivity index (χ4n) is 1.54. The second-order valence-corrected chi connectivity index (χ2v) is 7.80. The lowest BCUT2D eigenvalue weighted by Crippen LogP contribution is -2.06. The van der Waals surface area contributed by atoms with Crippen LogP contribution in [-0.2, 0) is 19.7 Å². The minimum atomic E-state index is -3.70. The van der Waals surface area contributed by atoms with Crippen LogP contribution in [0.4, 0.5) is 0 Å². The van der Waals surface area contributed by atoms with Crippen molar-refractivity contribution < 1.29 is 16.8 Å². The molecule has 0 saturated carbocycles. The van der Waals surface area contributed by atoms with Crippen LogP contribution in [0.2, 0.25) is 5.02 Å². The first-order valence-electron chi connectivity index (χ1n) is 4.93. The van der Waals surface area contributed by atoms with E-state index in [-0.39, 0.29) is 21.2 Å². The molecule has 96 valence electrons. The van der Waals surface area contributed by atoms with Gasteiger partial charge in [-0.2, -0.15) is 0 Å². The van der Waals surface area contributed by atoms with E-state index in [1.54, 1.807) is 12.1 Å². The zero-order chi connectivity index (χ0) is 13.4. The van der Waals surface area contributed by atoms with Gasteiger partial charge in [0, 0.05) is 16.0 Å². The van der Waals surface area contributed by atoms with Crippen molar-refractivity contribution >= 4 is 36.2 Å². The molecule has 0 atom stereocenters. The third kappa shape index (κ3) is 2.66. The molecule has 7 heteroatoms. The van der Waals surface area contributed by atoms with Gasteiger partial charge in [-0.3, -0.25) is 0 Å². The summed E-state index contributed by atoms with van der Waals surface area (Å²) >= 11 is 5.91. The topological polar surface area (TPSA) is 68.3 Å². The molecule has 0 aromatic heterocycles.